The summed E-state index contributed by atoms with van der Waals surface area (Å²) in [7, 11) is 2.11. The second kappa shape index (κ2) is 4.81. The van der Waals surface area contributed by atoms with Crippen molar-refractivity contribution in [3.8, 4) is 0 Å². The maximum Gasteiger partial charge on any atom is 0.0798 e. The number of β-amino-alcohol motifs (C(OH)–C–C–N with tert-alkyl or cyclic N) is 1. The fourth-order valence-corrected chi connectivity index (χ4v) is 1.98. The van der Waals surface area contributed by atoms with Crippen molar-refractivity contribution in [3.05, 3.63) is 0 Å². The van der Waals surface area contributed by atoms with Crippen LogP contribution in [0.3, 0.4) is 0 Å². The molecule has 0 radical (unpaired) electrons. The lowest BCUT2D eigenvalue weighted by Gasteiger charge is -2.42. The molecule has 0 spiro atoms. The zero-order valence-corrected chi connectivity index (χ0v) is 10.6. The Morgan fingerprint density at radius 1 is 1.33 bits per heavy atom. The minimum Gasteiger partial charge on any atom is -0.388 e. The number of hydrogen-bond donors (Lipinski definition) is 2. The van der Waals surface area contributed by atoms with Crippen LogP contribution in [0.5, 0.6) is 0 Å². The molecular formula is C12H26N2O. The number of rotatable bonds is 4. The summed E-state index contributed by atoms with van der Waals surface area (Å²) in [5.74, 6) is 0. The lowest BCUT2D eigenvalue weighted by molar-refractivity contribution is -0.0369. The molecule has 0 aliphatic carbocycles. The molecule has 0 aromatic rings. The maximum atomic E-state index is 10.4. The van der Waals surface area contributed by atoms with E-state index in [0.29, 0.717) is 0 Å². The van der Waals surface area contributed by atoms with E-state index in [1.165, 1.54) is 0 Å². The molecule has 0 bridgehead atoms. The largest absolute Gasteiger partial charge is 0.388 e. The molecule has 0 amide bonds. The van der Waals surface area contributed by atoms with Crippen molar-refractivity contribution in [2.75, 3.05) is 26.7 Å². The topological polar surface area (TPSA) is 35.5 Å². The summed E-state index contributed by atoms with van der Waals surface area (Å²) in [4.78, 5) is 2.29. The number of likely N-dealkylation sites (N-methyl/N-ethyl adjacent to an activating group) is 1. The van der Waals surface area contributed by atoms with Crippen molar-refractivity contribution in [1.29, 1.82) is 0 Å². The molecule has 1 fully saturated rings. The Kier molecular flexibility index (Phi) is 4.15. The number of nitrogens with zero attached hydrogens (tertiary/aromatic N) is 1. The van der Waals surface area contributed by atoms with E-state index in [2.05, 4.69) is 38.0 Å². The summed E-state index contributed by atoms with van der Waals surface area (Å²) in [6.45, 7) is 9.33. The monoisotopic (exact) mass is 214 g/mol. The third-order valence-corrected chi connectivity index (χ3v) is 3.96. The average Bonchev–Trinajstić information content (AvgIpc) is 2.18. The van der Waals surface area contributed by atoms with Gasteiger partial charge >= 0.3 is 0 Å². The van der Waals surface area contributed by atoms with Crippen LogP contribution in [0.4, 0.5) is 0 Å². The molecule has 1 saturated heterocycles. The summed E-state index contributed by atoms with van der Waals surface area (Å²) >= 11 is 0. The lowest BCUT2D eigenvalue weighted by Crippen LogP contribution is -2.53. The Morgan fingerprint density at radius 2 is 1.87 bits per heavy atom. The van der Waals surface area contributed by atoms with E-state index in [4.69, 9.17) is 0 Å². The van der Waals surface area contributed by atoms with Crippen LogP contribution in [0.25, 0.3) is 0 Å². The Labute approximate surface area is 93.9 Å². The van der Waals surface area contributed by atoms with Crippen LogP contribution in [-0.4, -0.2) is 47.8 Å². The maximum absolute atomic E-state index is 10.4. The zero-order valence-electron chi connectivity index (χ0n) is 10.6. The molecular weight excluding hydrogens is 188 g/mol. The molecule has 0 aromatic carbocycles. The van der Waals surface area contributed by atoms with Crippen LogP contribution < -0.4 is 5.32 Å². The Balaban J connectivity index is 2.52. The van der Waals surface area contributed by atoms with Gasteiger partial charge in [0.25, 0.3) is 0 Å². The van der Waals surface area contributed by atoms with Gasteiger partial charge in [-0.25, -0.2) is 0 Å². The molecule has 1 heterocycles. The number of nitrogens with one attached hydrogen (secondary N) is 1. The van der Waals surface area contributed by atoms with Gasteiger partial charge in [-0.3, -0.25) is 4.90 Å². The molecule has 0 atom stereocenters. The first-order valence-corrected chi connectivity index (χ1v) is 6.04. The van der Waals surface area contributed by atoms with E-state index in [1.807, 2.05) is 0 Å². The quantitative estimate of drug-likeness (QED) is 0.738. The molecule has 1 aliphatic heterocycles. The van der Waals surface area contributed by atoms with Crippen LogP contribution >= 0.6 is 0 Å². The second-order valence-electron chi connectivity index (χ2n) is 5.50. The number of hydrogen-bond acceptors (Lipinski definition) is 3. The van der Waals surface area contributed by atoms with Gasteiger partial charge in [-0.1, -0.05) is 6.92 Å². The van der Waals surface area contributed by atoms with E-state index in [0.717, 1.165) is 38.9 Å². The van der Waals surface area contributed by atoms with E-state index in [1.54, 1.807) is 0 Å². The minimum atomic E-state index is -0.480. The zero-order chi connectivity index (χ0) is 11.5. The van der Waals surface area contributed by atoms with Crippen LogP contribution in [0.15, 0.2) is 0 Å². The van der Waals surface area contributed by atoms with Gasteiger partial charge in [-0.05, 0) is 53.2 Å². The predicted octanol–water partition coefficient (Wildman–Crippen LogP) is 1.22. The lowest BCUT2D eigenvalue weighted by atomic mass is 9.89. The van der Waals surface area contributed by atoms with Gasteiger partial charge in [-0.2, -0.15) is 0 Å². The highest BCUT2D eigenvalue weighted by atomic mass is 16.3. The van der Waals surface area contributed by atoms with Gasteiger partial charge in [0.15, 0.2) is 0 Å². The standard InChI is InChI=1S/C12H26N2O/c1-5-11(2,3)14(4)10-12(15)6-8-13-9-7-12/h13,15H,5-10H2,1-4H3. The van der Waals surface area contributed by atoms with Gasteiger partial charge in [-0.15, -0.1) is 0 Å². The Hall–Kier alpha value is -0.120. The van der Waals surface area contributed by atoms with E-state index in [-0.39, 0.29) is 5.54 Å². The SMILES string of the molecule is CCC(C)(C)N(C)CC1(O)CCNCC1. The van der Waals surface area contributed by atoms with Gasteiger partial charge in [0.2, 0.25) is 0 Å². The normalized spacial score (nSPS) is 22.0. The van der Waals surface area contributed by atoms with E-state index in [9.17, 15) is 5.11 Å². The second-order valence-corrected chi connectivity index (χ2v) is 5.50. The van der Waals surface area contributed by atoms with Crippen LogP contribution in [0.1, 0.15) is 40.0 Å². The summed E-state index contributed by atoms with van der Waals surface area (Å²) in [6.07, 6.45) is 2.85. The molecule has 0 unspecified atom stereocenters. The summed E-state index contributed by atoms with van der Waals surface area (Å²) < 4.78 is 0. The fraction of sp³-hybridized carbons (Fsp3) is 1.00. The molecule has 1 rings (SSSR count). The van der Waals surface area contributed by atoms with E-state index < -0.39 is 5.60 Å². The molecule has 0 aromatic heterocycles. The van der Waals surface area contributed by atoms with Crippen LogP contribution in [0, 0.1) is 0 Å². The predicted molar refractivity (Wildman–Crippen MR) is 64.1 cm³/mol. The molecule has 3 nitrogen and oxygen atoms in total. The number of aliphatic hydroxyl groups is 1. The third-order valence-electron chi connectivity index (χ3n) is 3.96. The van der Waals surface area contributed by atoms with Crippen molar-refractivity contribution in [2.24, 2.45) is 0 Å². The average molecular weight is 214 g/mol. The molecule has 0 saturated carbocycles. The van der Waals surface area contributed by atoms with Crippen molar-refractivity contribution < 1.29 is 5.11 Å². The molecule has 15 heavy (non-hydrogen) atoms. The summed E-state index contributed by atoms with van der Waals surface area (Å²) in [5, 5.41) is 13.7. The number of piperidine rings is 1. The van der Waals surface area contributed by atoms with Crippen molar-refractivity contribution in [2.45, 2.75) is 51.2 Å². The highest BCUT2D eigenvalue weighted by Gasteiger charge is 2.33. The Morgan fingerprint density at radius 3 is 2.33 bits per heavy atom. The van der Waals surface area contributed by atoms with E-state index >= 15 is 0 Å². The van der Waals surface area contributed by atoms with Gasteiger partial charge in [0.05, 0.1) is 5.60 Å². The van der Waals surface area contributed by atoms with Crippen LogP contribution in [0.2, 0.25) is 0 Å². The minimum absolute atomic E-state index is 0.181. The fourth-order valence-electron chi connectivity index (χ4n) is 1.98. The third kappa shape index (κ3) is 3.44. The Bertz CT molecular complexity index is 198. The van der Waals surface area contributed by atoms with Gasteiger partial charge in [0, 0.05) is 12.1 Å². The molecule has 90 valence electrons. The van der Waals surface area contributed by atoms with Crippen LogP contribution in [-0.2, 0) is 0 Å². The van der Waals surface area contributed by atoms with Crippen molar-refractivity contribution in [1.82, 2.24) is 10.2 Å². The molecule has 1 aliphatic rings. The van der Waals surface area contributed by atoms with Crippen molar-refractivity contribution >= 4 is 0 Å². The first-order chi connectivity index (χ1) is 6.90. The van der Waals surface area contributed by atoms with Gasteiger partial charge in [0.1, 0.15) is 0 Å². The first kappa shape index (κ1) is 12.9. The van der Waals surface area contributed by atoms with Gasteiger partial charge < -0.3 is 10.4 Å². The summed E-state index contributed by atoms with van der Waals surface area (Å²) in [6, 6.07) is 0. The van der Waals surface area contributed by atoms with Crippen molar-refractivity contribution in [3.63, 3.8) is 0 Å². The first-order valence-electron chi connectivity index (χ1n) is 6.04. The highest BCUT2D eigenvalue weighted by molar-refractivity contribution is 4.90. The molecule has 3 heteroatoms. The highest BCUT2D eigenvalue weighted by Crippen LogP contribution is 2.24. The molecule has 2 N–H and O–H groups in total. The summed E-state index contributed by atoms with van der Waals surface area (Å²) in [5.41, 5.74) is -0.299. The smallest absolute Gasteiger partial charge is 0.0798 e.